The van der Waals surface area contributed by atoms with E-state index in [0.717, 1.165) is 60.1 Å². The number of hydrogen-bond donors (Lipinski definition) is 2. The second-order valence-electron chi connectivity index (χ2n) is 7.17. The highest BCUT2D eigenvalue weighted by atomic mass is 32.2. The molecular formula is C21H24N6OS. The fourth-order valence-electron chi connectivity index (χ4n) is 3.57. The third-order valence-corrected chi connectivity index (χ3v) is 5.75. The predicted octanol–water partition coefficient (Wildman–Crippen LogP) is 3.44. The van der Waals surface area contributed by atoms with Gasteiger partial charge in [-0.05, 0) is 50.4 Å². The van der Waals surface area contributed by atoms with E-state index in [-0.39, 0.29) is 11.8 Å². The van der Waals surface area contributed by atoms with Crippen molar-refractivity contribution in [3.05, 3.63) is 54.5 Å². The molecule has 0 saturated carbocycles. The number of benzene rings is 1. The summed E-state index contributed by atoms with van der Waals surface area (Å²) in [6, 6.07) is 9.75. The van der Waals surface area contributed by atoms with Gasteiger partial charge in [-0.1, -0.05) is 23.9 Å². The van der Waals surface area contributed by atoms with Gasteiger partial charge in [0.2, 0.25) is 5.91 Å². The van der Waals surface area contributed by atoms with Crippen LogP contribution < -0.4 is 5.32 Å². The van der Waals surface area contributed by atoms with Crippen LogP contribution in [0.2, 0.25) is 0 Å². The van der Waals surface area contributed by atoms with E-state index < -0.39 is 0 Å². The van der Waals surface area contributed by atoms with Crippen molar-refractivity contribution in [1.82, 2.24) is 25.1 Å². The van der Waals surface area contributed by atoms with Crippen molar-refractivity contribution in [1.29, 1.82) is 0 Å². The first-order chi connectivity index (χ1) is 14.2. The number of aromatic nitrogens is 4. The first-order valence-electron chi connectivity index (χ1n) is 9.69. The van der Waals surface area contributed by atoms with Gasteiger partial charge in [0.1, 0.15) is 0 Å². The van der Waals surface area contributed by atoms with E-state index in [9.17, 15) is 4.79 Å². The molecule has 0 atom stereocenters. The number of anilines is 1. The number of H-pyrrole nitrogens is 1. The first-order valence-corrected chi connectivity index (χ1v) is 10.9. The molecule has 2 aromatic heterocycles. The Morgan fingerprint density at radius 1 is 1.24 bits per heavy atom. The van der Waals surface area contributed by atoms with Crippen LogP contribution in [0.25, 0.3) is 11.3 Å². The van der Waals surface area contributed by atoms with Crippen LogP contribution >= 0.6 is 11.8 Å². The summed E-state index contributed by atoms with van der Waals surface area (Å²) >= 11 is 1.54. The standard InChI is InChI=1S/C21H24N6OS/c1-29-21-22-12-15(13-23-21)14-27-9-6-16(7-10-27)20(28)25-18-4-2-3-17(11-18)19-5-8-24-26-19/h2-5,8,11-13,16H,6-7,9-10,14H2,1H3,(H,24,26)(H,25,28). The van der Waals surface area contributed by atoms with Crippen LogP contribution in [0.1, 0.15) is 18.4 Å². The SMILES string of the molecule is CSc1ncc(CN2CCC(C(=O)Nc3cccc(-c4ccn[nH]4)c3)CC2)cn1. The normalized spacial score (nSPS) is 15.3. The van der Waals surface area contributed by atoms with E-state index in [2.05, 4.69) is 30.4 Å². The molecule has 150 valence electrons. The minimum Gasteiger partial charge on any atom is -0.326 e. The van der Waals surface area contributed by atoms with Crippen LogP contribution in [-0.4, -0.2) is 50.3 Å². The number of likely N-dealkylation sites (tertiary alicyclic amines) is 1. The van der Waals surface area contributed by atoms with Crippen molar-refractivity contribution in [2.75, 3.05) is 24.7 Å². The number of rotatable bonds is 6. The number of nitrogens with zero attached hydrogens (tertiary/aromatic N) is 4. The summed E-state index contributed by atoms with van der Waals surface area (Å²) in [5, 5.41) is 10.8. The highest BCUT2D eigenvalue weighted by Gasteiger charge is 2.25. The number of thioether (sulfide) groups is 1. The van der Waals surface area contributed by atoms with Gasteiger partial charge in [0.25, 0.3) is 0 Å². The Balaban J connectivity index is 1.29. The molecule has 1 aliphatic heterocycles. The molecule has 1 fully saturated rings. The monoisotopic (exact) mass is 408 g/mol. The van der Waals surface area contributed by atoms with Crippen LogP contribution in [0.4, 0.5) is 5.69 Å². The number of aromatic amines is 1. The van der Waals surface area contributed by atoms with Crippen molar-refractivity contribution >= 4 is 23.4 Å². The zero-order chi connectivity index (χ0) is 20.1. The van der Waals surface area contributed by atoms with Crippen LogP contribution in [0.15, 0.2) is 54.1 Å². The Morgan fingerprint density at radius 3 is 2.72 bits per heavy atom. The molecule has 1 saturated heterocycles. The van der Waals surface area contributed by atoms with Gasteiger partial charge < -0.3 is 5.32 Å². The van der Waals surface area contributed by atoms with Gasteiger partial charge in [0, 0.05) is 47.9 Å². The smallest absolute Gasteiger partial charge is 0.227 e. The summed E-state index contributed by atoms with van der Waals surface area (Å²) in [7, 11) is 0. The Hall–Kier alpha value is -2.71. The third kappa shape index (κ3) is 5.02. The molecule has 0 unspecified atom stereocenters. The average molecular weight is 409 g/mol. The zero-order valence-corrected chi connectivity index (χ0v) is 17.2. The van der Waals surface area contributed by atoms with Gasteiger partial charge in [0.05, 0.1) is 5.69 Å². The minimum absolute atomic E-state index is 0.0391. The molecule has 0 spiro atoms. The molecule has 1 amide bonds. The summed E-state index contributed by atoms with van der Waals surface area (Å²) in [6.45, 7) is 2.63. The molecule has 0 bridgehead atoms. The first kappa shape index (κ1) is 19.6. The molecule has 3 heterocycles. The van der Waals surface area contributed by atoms with Crippen molar-refractivity contribution < 1.29 is 4.79 Å². The van der Waals surface area contributed by atoms with Crippen molar-refractivity contribution in [3.63, 3.8) is 0 Å². The summed E-state index contributed by atoms with van der Waals surface area (Å²) in [4.78, 5) is 23.8. The number of nitrogens with one attached hydrogen (secondary N) is 2. The topological polar surface area (TPSA) is 86.8 Å². The van der Waals surface area contributed by atoms with E-state index >= 15 is 0 Å². The summed E-state index contributed by atoms with van der Waals surface area (Å²) < 4.78 is 0. The van der Waals surface area contributed by atoms with Crippen LogP contribution in [0, 0.1) is 5.92 Å². The lowest BCUT2D eigenvalue weighted by atomic mass is 9.95. The number of amides is 1. The van der Waals surface area contributed by atoms with Gasteiger partial charge in [0.15, 0.2) is 5.16 Å². The third-order valence-electron chi connectivity index (χ3n) is 5.17. The number of carbonyl (C=O) groups is 1. The molecule has 29 heavy (non-hydrogen) atoms. The van der Waals surface area contributed by atoms with Crippen molar-refractivity contribution in [2.45, 2.75) is 24.5 Å². The maximum absolute atomic E-state index is 12.7. The summed E-state index contributed by atoms with van der Waals surface area (Å²) in [5.74, 6) is 0.135. The summed E-state index contributed by atoms with van der Waals surface area (Å²) in [5.41, 5.74) is 3.87. The number of hydrogen-bond acceptors (Lipinski definition) is 6. The fourth-order valence-corrected chi connectivity index (χ4v) is 3.88. The zero-order valence-electron chi connectivity index (χ0n) is 16.3. The van der Waals surface area contributed by atoms with Crippen LogP contribution in [0.3, 0.4) is 0 Å². The molecule has 1 aliphatic rings. The number of carbonyl (C=O) groups excluding carboxylic acids is 1. The minimum atomic E-state index is 0.0391. The molecule has 8 heteroatoms. The largest absolute Gasteiger partial charge is 0.326 e. The van der Waals surface area contributed by atoms with E-state index in [4.69, 9.17) is 0 Å². The molecule has 2 N–H and O–H groups in total. The Kier molecular flexibility index (Phi) is 6.21. The fraction of sp³-hybridized carbons (Fsp3) is 0.333. The lowest BCUT2D eigenvalue weighted by molar-refractivity contribution is -0.121. The van der Waals surface area contributed by atoms with Crippen molar-refractivity contribution in [2.24, 2.45) is 5.92 Å². The van der Waals surface area contributed by atoms with Gasteiger partial charge in [-0.3, -0.25) is 14.8 Å². The molecule has 3 aromatic rings. The van der Waals surface area contributed by atoms with Gasteiger partial charge >= 0.3 is 0 Å². The highest BCUT2D eigenvalue weighted by molar-refractivity contribution is 7.98. The lowest BCUT2D eigenvalue weighted by Gasteiger charge is -2.31. The van der Waals surface area contributed by atoms with Gasteiger partial charge in [-0.15, -0.1) is 0 Å². The van der Waals surface area contributed by atoms with Crippen LogP contribution in [-0.2, 0) is 11.3 Å². The maximum atomic E-state index is 12.7. The quantitative estimate of drug-likeness (QED) is 0.480. The van der Waals surface area contributed by atoms with Gasteiger partial charge in [-0.2, -0.15) is 5.10 Å². The Bertz CT molecular complexity index is 936. The van der Waals surface area contributed by atoms with Crippen molar-refractivity contribution in [3.8, 4) is 11.3 Å². The molecule has 4 rings (SSSR count). The molecule has 7 nitrogen and oxygen atoms in total. The second-order valence-corrected chi connectivity index (χ2v) is 7.94. The summed E-state index contributed by atoms with van der Waals surface area (Å²) in [6.07, 6.45) is 9.19. The van der Waals surface area contributed by atoms with E-state index in [1.54, 1.807) is 18.0 Å². The average Bonchev–Trinajstić information content (AvgIpc) is 3.30. The van der Waals surface area contributed by atoms with E-state index in [1.807, 2.05) is 49.0 Å². The van der Waals surface area contributed by atoms with Crippen LogP contribution in [0.5, 0.6) is 0 Å². The molecule has 0 aliphatic carbocycles. The predicted molar refractivity (Wildman–Crippen MR) is 114 cm³/mol. The maximum Gasteiger partial charge on any atom is 0.227 e. The molecular weight excluding hydrogens is 384 g/mol. The van der Waals surface area contributed by atoms with E-state index in [1.165, 1.54) is 0 Å². The van der Waals surface area contributed by atoms with E-state index in [0.29, 0.717) is 0 Å². The second kappa shape index (κ2) is 9.19. The number of piperidine rings is 1. The Labute approximate surface area is 174 Å². The lowest BCUT2D eigenvalue weighted by Crippen LogP contribution is -2.37. The van der Waals surface area contributed by atoms with Gasteiger partial charge in [-0.25, -0.2) is 9.97 Å². The molecule has 0 radical (unpaired) electrons. The Morgan fingerprint density at radius 2 is 2.03 bits per heavy atom. The highest BCUT2D eigenvalue weighted by Crippen LogP contribution is 2.23. The molecule has 1 aromatic carbocycles.